The lowest BCUT2D eigenvalue weighted by atomic mass is 10.4. The van der Waals surface area contributed by atoms with Gasteiger partial charge in [-0.05, 0) is 36.4 Å². The maximum absolute atomic E-state index is 11.5. The van der Waals surface area contributed by atoms with Gasteiger partial charge in [-0.2, -0.15) is 8.42 Å². The van der Waals surface area contributed by atoms with Crippen LogP contribution < -0.4 is 15.9 Å². The molecule has 3 aromatic rings. The van der Waals surface area contributed by atoms with Gasteiger partial charge in [-0.1, -0.05) is 54.6 Å². The van der Waals surface area contributed by atoms with Crippen molar-refractivity contribution < 1.29 is 13.0 Å². The first-order valence-corrected chi connectivity index (χ1v) is 11.6. The van der Waals surface area contributed by atoms with Crippen LogP contribution in [0, 0.1) is 0 Å². The number of rotatable bonds is 6. The van der Waals surface area contributed by atoms with E-state index < -0.39 is 17.4 Å². The SMILES string of the molecule is O=S(=O)(O)CC[P+](c1ccccc1)(c1ccccc1)c1ccccc1. The smallest absolute Gasteiger partial charge is 0.268 e. The molecule has 0 fully saturated rings. The summed E-state index contributed by atoms with van der Waals surface area (Å²) >= 11 is 0. The molecular formula is C20H20O3PS+. The molecule has 0 bridgehead atoms. The molecule has 5 heteroatoms. The minimum absolute atomic E-state index is 0.264. The van der Waals surface area contributed by atoms with Crippen LogP contribution in [0.15, 0.2) is 91.0 Å². The first-order valence-electron chi connectivity index (χ1n) is 8.02. The molecule has 0 unspecified atom stereocenters. The fourth-order valence-electron chi connectivity index (χ4n) is 3.13. The largest absolute Gasteiger partial charge is 0.285 e. The van der Waals surface area contributed by atoms with E-state index in [9.17, 15) is 13.0 Å². The molecule has 0 radical (unpaired) electrons. The van der Waals surface area contributed by atoms with E-state index in [1.54, 1.807) is 0 Å². The summed E-state index contributed by atoms with van der Waals surface area (Å²) in [5, 5.41) is 3.32. The molecule has 3 aromatic carbocycles. The van der Waals surface area contributed by atoms with Crippen molar-refractivity contribution in [3.8, 4) is 0 Å². The maximum atomic E-state index is 11.5. The van der Waals surface area contributed by atoms with Crippen LogP contribution in [-0.4, -0.2) is 24.9 Å². The van der Waals surface area contributed by atoms with Crippen LogP contribution in [-0.2, 0) is 10.1 Å². The highest BCUT2D eigenvalue weighted by atomic mass is 32.2. The normalized spacial score (nSPS) is 12.0. The second-order valence-electron chi connectivity index (χ2n) is 5.83. The molecule has 0 heterocycles. The number of hydrogen-bond acceptors (Lipinski definition) is 2. The van der Waals surface area contributed by atoms with Crippen molar-refractivity contribution in [1.82, 2.24) is 0 Å². The van der Waals surface area contributed by atoms with E-state index in [4.69, 9.17) is 0 Å². The van der Waals surface area contributed by atoms with Gasteiger partial charge in [0.15, 0.2) is 0 Å². The van der Waals surface area contributed by atoms with E-state index in [1.165, 1.54) is 0 Å². The van der Waals surface area contributed by atoms with Gasteiger partial charge in [-0.15, -0.1) is 0 Å². The van der Waals surface area contributed by atoms with Crippen molar-refractivity contribution in [1.29, 1.82) is 0 Å². The van der Waals surface area contributed by atoms with Crippen LogP contribution in [0.3, 0.4) is 0 Å². The predicted molar refractivity (Wildman–Crippen MR) is 106 cm³/mol. The molecule has 0 spiro atoms. The Balaban J connectivity index is 2.27. The third-order valence-electron chi connectivity index (χ3n) is 4.28. The van der Waals surface area contributed by atoms with E-state index in [-0.39, 0.29) is 5.75 Å². The Morgan fingerprint density at radius 2 is 0.960 bits per heavy atom. The van der Waals surface area contributed by atoms with Crippen molar-refractivity contribution in [3.05, 3.63) is 91.0 Å². The Kier molecular flexibility index (Phi) is 5.33. The molecule has 0 aliphatic carbocycles. The lowest BCUT2D eigenvalue weighted by Crippen LogP contribution is -2.35. The summed E-state index contributed by atoms with van der Waals surface area (Å²) < 4.78 is 32.5. The molecule has 0 saturated carbocycles. The third kappa shape index (κ3) is 3.98. The van der Waals surface area contributed by atoms with E-state index in [0.29, 0.717) is 6.16 Å². The molecule has 0 aromatic heterocycles. The molecule has 0 atom stereocenters. The Morgan fingerprint density at radius 3 is 1.24 bits per heavy atom. The minimum atomic E-state index is -4.05. The first kappa shape index (κ1) is 17.8. The molecule has 0 aliphatic heterocycles. The highest BCUT2D eigenvalue weighted by molar-refractivity contribution is 7.96. The molecular weight excluding hydrogens is 351 g/mol. The summed E-state index contributed by atoms with van der Waals surface area (Å²) in [5.74, 6) is -0.264. The van der Waals surface area contributed by atoms with E-state index in [2.05, 4.69) is 36.4 Å². The summed E-state index contributed by atoms with van der Waals surface area (Å²) in [5.41, 5.74) is 0. The lowest BCUT2D eigenvalue weighted by Gasteiger charge is -2.27. The standard InChI is InChI=1S/C20H19O3PS/c21-25(22,23)17-16-24(18-10-4-1-5-11-18,19-12-6-2-7-13-19)20-14-8-3-9-15-20/h1-15H,16-17H2/p+1. The van der Waals surface area contributed by atoms with Gasteiger partial charge < -0.3 is 0 Å². The molecule has 0 aliphatic rings. The molecule has 128 valence electrons. The van der Waals surface area contributed by atoms with E-state index >= 15 is 0 Å². The second kappa shape index (κ2) is 7.49. The Hall–Kier alpha value is -2.00. The van der Waals surface area contributed by atoms with Crippen molar-refractivity contribution in [2.75, 3.05) is 11.9 Å². The highest BCUT2D eigenvalue weighted by Gasteiger charge is 2.45. The molecule has 1 N–H and O–H groups in total. The molecule has 25 heavy (non-hydrogen) atoms. The zero-order chi connectivity index (χ0) is 17.8. The quantitative estimate of drug-likeness (QED) is 0.536. The Bertz CT molecular complexity index is 814. The summed E-state index contributed by atoms with van der Waals surface area (Å²) in [6.45, 7) is 0. The van der Waals surface area contributed by atoms with Crippen LogP contribution in [0.1, 0.15) is 0 Å². The summed E-state index contributed by atoms with van der Waals surface area (Å²) in [7, 11) is -6.24. The van der Waals surface area contributed by atoms with Crippen LogP contribution in [0.25, 0.3) is 0 Å². The van der Waals surface area contributed by atoms with Crippen molar-refractivity contribution in [2.45, 2.75) is 0 Å². The van der Waals surface area contributed by atoms with Gasteiger partial charge >= 0.3 is 0 Å². The first-order chi connectivity index (χ1) is 12.0. The average Bonchev–Trinajstić information content (AvgIpc) is 2.64. The van der Waals surface area contributed by atoms with Gasteiger partial charge in [0.25, 0.3) is 10.1 Å². The third-order valence-corrected chi connectivity index (χ3v) is 9.73. The summed E-state index contributed by atoms with van der Waals surface area (Å²) in [6, 6.07) is 30.0. The fraction of sp³-hybridized carbons (Fsp3) is 0.100. The summed E-state index contributed by atoms with van der Waals surface area (Å²) in [4.78, 5) is 0. The zero-order valence-electron chi connectivity index (χ0n) is 13.7. The monoisotopic (exact) mass is 371 g/mol. The van der Waals surface area contributed by atoms with Crippen molar-refractivity contribution >= 4 is 33.3 Å². The van der Waals surface area contributed by atoms with Gasteiger partial charge in [0, 0.05) is 0 Å². The molecule has 3 rings (SSSR count). The second-order valence-corrected chi connectivity index (χ2v) is 11.0. The van der Waals surface area contributed by atoms with Crippen LogP contribution in [0.2, 0.25) is 0 Å². The van der Waals surface area contributed by atoms with Gasteiger partial charge in [0.1, 0.15) is 28.9 Å². The van der Waals surface area contributed by atoms with E-state index in [1.807, 2.05) is 54.6 Å². The Labute approximate surface area is 149 Å². The van der Waals surface area contributed by atoms with Gasteiger partial charge in [0.2, 0.25) is 0 Å². The highest BCUT2D eigenvalue weighted by Crippen LogP contribution is 2.55. The van der Waals surface area contributed by atoms with Crippen LogP contribution in [0.4, 0.5) is 0 Å². The van der Waals surface area contributed by atoms with Gasteiger partial charge in [-0.3, -0.25) is 4.55 Å². The zero-order valence-corrected chi connectivity index (χ0v) is 15.4. The van der Waals surface area contributed by atoms with E-state index in [0.717, 1.165) is 15.9 Å². The Morgan fingerprint density at radius 1 is 0.640 bits per heavy atom. The molecule has 0 saturated heterocycles. The topological polar surface area (TPSA) is 54.4 Å². The molecule has 3 nitrogen and oxygen atoms in total. The molecule has 0 amide bonds. The summed E-state index contributed by atoms with van der Waals surface area (Å²) in [6.07, 6.45) is 0.365. The van der Waals surface area contributed by atoms with Crippen molar-refractivity contribution in [3.63, 3.8) is 0 Å². The van der Waals surface area contributed by atoms with Crippen LogP contribution in [0.5, 0.6) is 0 Å². The number of benzene rings is 3. The van der Waals surface area contributed by atoms with Gasteiger partial charge in [0.05, 0.1) is 6.16 Å². The number of hydrogen-bond donors (Lipinski definition) is 1. The predicted octanol–water partition coefficient (Wildman–Crippen LogP) is 2.87. The average molecular weight is 371 g/mol. The van der Waals surface area contributed by atoms with Crippen molar-refractivity contribution in [2.24, 2.45) is 0 Å². The lowest BCUT2D eigenvalue weighted by molar-refractivity contribution is 0.485. The maximum Gasteiger partial charge on any atom is 0.268 e. The fourth-order valence-corrected chi connectivity index (χ4v) is 8.86. The van der Waals surface area contributed by atoms with Gasteiger partial charge in [-0.25, -0.2) is 0 Å². The minimum Gasteiger partial charge on any atom is -0.285 e. The van der Waals surface area contributed by atoms with Crippen LogP contribution >= 0.6 is 7.26 Å².